The van der Waals surface area contributed by atoms with Crippen LogP contribution in [0.15, 0.2) is 23.1 Å². The average molecular weight is 333 g/mol. The highest BCUT2D eigenvalue weighted by Crippen LogP contribution is 2.26. The van der Waals surface area contributed by atoms with E-state index < -0.39 is 10.0 Å². The minimum atomic E-state index is -3.61. The number of sulfonamides is 1. The lowest BCUT2D eigenvalue weighted by Gasteiger charge is -2.27. The summed E-state index contributed by atoms with van der Waals surface area (Å²) >= 11 is 6.09. The molecule has 1 fully saturated rings. The van der Waals surface area contributed by atoms with Crippen molar-refractivity contribution in [3.8, 4) is 0 Å². The quantitative estimate of drug-likeness (QED) is 0.895. The molecule has 0 radical (unpaired) electrons. The zero-order valence-corrected chi connectivity index (χ0v) is 13.7. The van der Waals surface area contributed by atoms with Crippen LogP contribution in [0.25, 0.3) is 0 Å². The number of rotatable bonds is 5. The Morgan fingerprint density at radius 3 is 2.76 bits per heavy atom. The summed E-state index contributed by atoms with van der Waals surface area (Å²) in [5.74, 6) is 0. The van der Waals surface area contributed by atoms with Crippen molar-refractivity contribution in [2.45, 2.75) is 36.8 Å². The number of likely N-dealkylation sites (N-methyl/N-ethyl adjacent to an activating group) is 1. The summed E-state index contributed by atoms with van der Waals surface area (Å²) in [6.45, 7) is 1.37. The molecule has 1 aliphatic heterocycles. The van der Waals surface area contributed by atoms with E-state index in [9.17, 15) is 8.42 Å². The monoisotopic (exact) mass is 332 g/mol. The van der Waals surface area contributed by atoms with Crippen LogP contribution in [0.5, 0.6) is 0 Å². The van der Waals surface area contributed by atoms with Gasteiger partial charge >= 0.3 is 0 Å². The Kier molecular flexibility index (Phi) is 5.62. The molecule has 0 amide bonds. The fourth-order valence-corrected chi connectivity index (χ4v) is 4.12. The Hall–Kier alpha value is -0.660. The van der Waals surface area contributed by atoms with Crippen molar-refractivity contribution in [3.63, 3.8) is 0 Å². The van der Waals surface area contributed by atoms with Crippen molar-refractivity contribution < 1.29 is 13.2 Å². The summed E-state index contributed by atoms with van der Waals surface area (Å²) in [6, 6.07) is 4.79. The van der Waals surface area contributed by atoms with Gasteiger partial charge in [-0.1, -0.05) is 17.7 Å². The smallest absolute Gasteiger partial charge is 0.244 e. The van der Waals surface area contributed by atoms with Crippen molar-refractivity contribution in [2.24, 2.45) is 5.73 Å². The van der Waals surface area contributed by atoms with E-state index in [1.54, 1.807) is 19.2 Å². The summed E-state index contributed by atoms with van der Waals surface area (Å²) in [5.41, 5.74) is 6.33. The van der Waals surface area contributed by atoms with Gasteiger partial charge in [0, 0.05) is 26.7 Å². The maximum absolute atomic E-state index is 12.6. The van der Waals surface area contributed by atoms with Gasteiger partial charge in [-0.2, -0.15) is 4.31 Å². The first kappa shape index (κ1) is 16.7. The molecule has 2 N–H and O–H groups in total. The molecule has 1 atom stereocenters. The zero-order chi connectivity index (χ0) is 15.5. The third kappa shape index (κ3) is 3.96. The number of nitrogens with two attached hydrogens (primary N) is 1. The van der Waals surface area contributed by atoms with Crippen LogP contribution >= 0.6 is 11.6 Å². The van der Waals surface area contributed by atoms with Gasteiger partial charge in [-0.3, -0.25) is 0 Å². The molecular formula is C14H21ClN2O3S. The molecule has 0 aromatic heterocycles. The van der Waals surface area contributed by atoms with Crippen molar-refractivity contribution >= 4 is 21.6 Å². The molecular weight excluding hydrogens is 312 g/mol. The van der Waals surface area contributed by atoms with Gasteiger partial charge in [0.25, 0.3) is 0 Å². The Morgan fingerprint density at radius 2 is 2.19 bits per heavy atom. The van der Waals surface area contributed by atoms with Gasteiger partial charge in [-0.25, -0.2) is 8.42 Å². The number of hydrogen-bond donors (Lipinski definition) is 1. The number of hydrogen-bond acceptors (Lipinski definition) is 4. The molecule has 1 saturated heterocycles. The molecule has 118 valence electrons. The van der Waals surface area contributed by atoms with E-state index in [0.29, 0.717) is 19.7 Å². The Labute approximate surface area is 131 Å². The van der Waals surface area contributed by atoms with Gasteiger partial charge in [-0.15, -0.1) is 0 Å². The van der Waals surface area contributed by atoms with Gasteiger partial charge in [-0.05, 0) is 37.0 Å². The lowest BCUT2D eigenvalue weighted by atomic mass is 10.1. The summed E-state index contributed by atoms with van der Waals surface area (Å²) in [4.78, 5) is 0.111. The highest BCUT2D eigenvalue weighted by Gasteiger charge is 2.27. The van der Waals surface area contributed by atoms with Gasteiger partial charge in [0.2, 0.25) is 10.0 Å². The first-order valence-corrected chi connectivity index (χ1v) is 8.83. The maximum atomic E-state index is 12.6. The summed E-state index contributed by atoms with van der Waals surface area (Å²) in [5, 5.41) is 0.203. The SMILES string of the molecule is CN(CC1CCCCO1)S(=O)(=O)c1ccc(CN)cc1Cl. The first-order chi connectivity index (χ1) is 9.95. The van der Waals surface area contributed by atoms with Crippen molar-refractivity contribution in [3.05, 3.63) is 28.8 Å². The van der Waals surface area contributed by atoms with Crippen LogP contribution in [0.3, 0.4) is 0 Å². The molecule has 5 nitrogen and oxygen atoms in total. The second-order valence-corrected chi connectivity index (χ2v) is 7.66. The molecule has 0 bridgehead atoms. The summed E-state index contributed by atoms with van der Waals surface area (Å²) in [7, 11) is -2.06. The number of benzene rings is 1. The fraction of sp³-hybridized carbons (Fsp3) is 0.571. The molecule has 0 saturated carbocycles. The average Bonchev–Trinajstić information content (AvgIpc) is 2.47. The molecule has 1 heterocycles. The topological polar surface area (TPSA) is 72.6 Å². The molecule has 0 aliphatic carbocycles. The number of ether oxygens (including phenoxy) is 1. The highest BCUT2D eigenvalue weighted by atomic mass is 35.5. The molecule has 21 heavy (non-hydrogen) atoms. The van der Waals surface area contributed by atoms with E-state index in [4.69, 9.17) is 22.1 Å². The molecule has 1 aromatic rings. The standard InChI is InChI=1S/C14H21ClN2O3S/c1-17(10-12-4-2-3-7-20-12)21(18,19)14-6-5-11(9-16)8-13(14)15/h5-6,8,12H,2-4,7,9-10,16H2,1H3. The number of halogens is 1. The predicted molar refractivity (Wildman–Crippen MR) is 82.8 cm³/mol. The van der Waals surface area contributed by atoms with Crippen LogP contribution in [0.4, 0.5) is 0 Å². The van der Waals surface area contributed by atoms with E-state index in [1.807, 2.05) is 0 Å². The van der Waals surface area contributed by atoms with E-state index in [2.05, 4.69) is 0 Å². The minimum Gasteiger partial charge on any atom is -0.377 e. The third-order valence-corrected chi connectivity index (χ3v) is 5.96. The Bertz CT molecular complexity index is 586. The first-order valence-electron chi connectivity index (χ1n) is 7.01. The van der Waals surface area contributed by atoms with Crippen LogP contribution in [-0.2, 0) is 21.3 Å². The zero-order valence-electron chi connectivity index (χ0n) is 12.1. The van der Waals surface area contributed by atoms with Crippen LogP contribution in [0.1, 0.15) is 24.8 Å². The minimum absolute atomic E-state index is 0.0411. The van der Waals surface area contributed by atoms with Crippen molar-refractivity contribution in [1.82, 2.24) is 4.31 Å². The lowest BCUT2D eigenvalue weighted by molar-refractivity contribution is 0.00858. The number of nitrogens with zero attached hydrogens (tertiary/aromatic N) is 1. The lowest BCUT2D eigenvalue weighted by Crippen LogP contribution is -2.37. The van der Waals surface area contributed by atoms with E-state index in [1.165, 1.54) is 10.4 Å². The molecule has 1 aromatic carbocycles. The van der Waals surface area contributed by atoms with Crippen LogP contribution in [0.2, 0.25) is 5.02 Å². The van der Waals surface area contributed by atoms with E-state index >= 15 is 0 Å². The van der Waals surface area contributed by atoms with E-state index in [-0.39, 0.29) is 16.0 Å². The second kappa shape index (κ2) is 7.07. The largest absolute Gasteiger partial charge is 0.377 e. The Morgan fingerprint density at radius 1 is 1.43 bits per heavy atom. The molecule has 1 unspecified atom stereocenters. The normalized spacial score (nSPS) is 19.9. The van der Waals surface area contributed by atoms with Crippen LogP contribution in [0, 0.1) is 0 Å². The maximum Gasteiger partial charge on any atom is 0.244 e. The highest BCUT2D eigenvalue weighted by molar-refractivity contribution is 7.89. The molecule has 0 spiro atoms. The second-order valence-electron chi connectivity index (χ2n) is 5.24. The summed E-state index contributed by atoms with van der Waals surface area (Å²) in [6.07, 6.45) is 2.96. The third-order valence-electron chi connectivity index (χ3n) is 3.65. The van der Waals surface area contributed by atoms with Gasteiger partial charge in [0.05, 0.1) is 11.1 Å². The van der Waals surface area contributed by atoms with E-state index in [0.717, 1.165) is 24.8 Å². The molecule has 7 heteroatoms. The van der Waals surface area contributed by atoms with Crippen molar-refractivity contribution in [2.75, 3.05) is 20.2 Å². The Balaban J connectivity index is 2.16. The molecule has 2 rings (SSSR count). The van der Waals surface area contributed by atoms with Gasteiger partial charge < -0.3 is 10.5 Å². The van der Waals surface area contributed by atoms with Crippen molar-refractivity contribution in [1.29, 1.82) is 0 Å². The molecule has 1 aliphatic rings. The van der Waals surface area contributed by atoms with Gasteiger partial charge in [0.1, 0.15) is 4.90 Å². The summed E-state index contributed by atoms with van der Waals surface area (Å²) < 4.78 is 32.1. The van der Waals surface area contributed by atoms with Crippen LogP contribution < -0.4 is 5.73 Å². The fourth-order valence-electron chi connectivity index (χ4n) is 2.38. The van der Waals surface area contributed by atoms with Gasteiger partial charge in [0.15, 0.2) is 0 Å². The van der Waals surface area contributed by atoms with Crippen LogP contribution in [-0.4, -0.2) is 39.0 Å². The predicted octanol–water partition coefficient (Wildman–Crippen LogP) is 1.99.